The summed E-state index contributed by atoms with van der Waals surface area (Å²) in [5.74, 6) is 0. The van der Waals surface area contributed by atoms with Crippen LogP contribution in [0.4, 0.5) is 0 Å². The first-order chi connectivity index (χ1) is 25.0. The van der Waals surface area contributed by atoms with Gasteiger partial charge in [0.1, 0.15) is 0 Å². The van der Waals surface area contributed by atoms with Crippen LogP contribution in [-0.4, -0.2) is 22.6 Å². The zero-order chi connectivity index (χ0) is 35.8. The van der Waals surface area contributed by atoms with Crippen molar-refractivity contribution in [1.82, 2.24) is 14.5 Å². The molecule has 0 spiro atoms. The molecule has 1 aliphatic heterocycles. The van der Waals surface area contributed by atoms with Crippen LogP contribution < -0.4 is 20.9 Å². The minimum Gasteiger partial charge on any atom is -0.309 e. The number of rotatable bonds is 4. The summed E-state index contributed by atoms with van der Waals surface area (Å²) in [6.45, 7) is 13.9. The number of pyridine rings is 2. The molecule has 0 N–H and O–H groups in total. The largest absolute Gasteiger partial charge is 0.309 e. The summed E-state index contributed by atoms with van der Waals surface area (Å²) in [5, 5.41) is 7.81. The van der Waals surface area contributed by atoms with Gasteiger partial charge in [-0.05, 0) is 97.2 Å². The van der Waals surface area contributed by atoms with E-state index in [0.717, 1.165) is 16.9 Å². The number of hydrogen-bond donors (Lipinski definition) is 0. The van der Waals surface area contributed by atoms with Gasteiger partial charge < -0.3 is 4.57 Å². The van der Waals surface area contributed by atoms with Crippen molar-refractivity contribution in [2.75, 3.05) is 0 Å². The average Bonchev–Trinajstić information content (AvgIpc) is 3.65. The van der Waals surface area contributed by atoms with E-state index in [1.165, 1.54) is 64.9 Å². The summed E-state index contributed by atoms with van der Waals surface area (Å²) in [6.07, 6.45) is 3.84. The smallest absolute Gasteiger partial charge is 0.203 e. The Kier molecular flexibility index (Phi) is 7.29. The van der Waals surface area contributed by atoms with Gasteiger partial charge in [0.2, 0.25) is 8.07 Å². The molecule has 0 unspecified atom stereocenters. The molecule has 0 radical (unpaired) electrons. The van der Waals surface area contributed by atoms with E-state index in [0.29, 0.717) is 0 Å². The second-order valence-corrected chi connectivity index (χ2v) is 20.0. The van der Waals surface area contributed by atoms with Crippen LogP contribution in [0, 0.1) is 0 Å². The fourth-order valence-corrected chi connectivity index (χ4v) is 13.4. The van der Waals surface area contributed by atoms with E-state index in [2.05, 4.69) is 174 Å². The molecule has 254 valence electrons. The minimum atomic E-state index is -2.87. The third-order valence-corrected chi connectivity index (χ3v) is 15.8. The van der Waals surface area contributed by atoms with Crippen molar-refractivity contribution in [3.05, 3.63) is 163 Å². The van der Waals surface area contributed by atoms with Crippen molar-refractivity contribution in [1.29, 1.82) is 0 Å². The summed E-state index contributed by atoms with van der Waals surface area (Å²) in [4.78, 5) is 9.93. The van der Waals surface area contributed by atoms with E-state index >= 15 is 0 Å². The van der Waals surface area contributed by atoms with Gasteiger partial charge in [-0.3, -0.25) is 9.97 Å². The number of aromatic nitrogens is 3. The van der Waals surface area contributed by atoms with Crippen molar-refractivity contribution >= 4 is 50.8 Å². The predicted molar refractivity (Wildman–Crippen MR) is 222 cm³/mol. The Morgan fingerprint density at radius 1 is 0.500 bits per heavy atom. The van der Waals surface area contributed by atoms with Crippen LogP contribution in [0.2, 0.25) is 0 Å². The number of benzene rings is 5. The summed E-state index contributed by atoms with van der Waals surface area (Å²) in [7, 11) is -2.87. The van der Waals surface area contributed by atoms with Crippen molar-refractivity contribution in [3.63, 3.8) is 0 Å². The van der Waals surface area contributed by atoms with Crippen LogP contribution in [-0.2, 0) is 10.8 Å². The highest BCUT2D eigenvalue weighted by atomic mass is 28.3. The van der Waals surface area contributed by atoms with Crippen molar-refractivity contribution in [2.24, 2.45) is 0 Å². The molecule has 0 aliphatic carbocycles. The van der Waals surface area contributed by atoms with Gasteiger partial charge in [-0.15, -0.1) is 0 Å². The lowest BCUT2D eigenvalue weighted by molar-refractivity contribution is 0.589. The molecule has 4 heteroatoms. The fraction of sp³-hybridized carbons (Fsp3) is 0.167. The second-order valence-electron chi connectivity index (χ2n) is 16.3. The van der Waals surface area contributed by atoms with E-state index in [1.807, 2.05) is 24.5 Å². The van der Waals surface area contributed by atoms with Crippen molar-refractivity contribution in [3.8, 4) is 28.1 Å². The zero-order valence-corrected chi connectivity index (χ0v) is 31.8. The Balaban J connectivity index is 1.35. The first-order valence-corrected chi connectivity index (χ1v) is 20.3. The Morgan fingerprint density at radius 3 is 1.77 bits per heavy atom. The maximum absolute atomic E-state index is 5.23. The van der Waals surface area contributed by atoms with Gasteiger partial charge in [-0.1, -0.05) is 133 Å². The lowest BCUT2D eigenvalue weighted by Gasteiger charge is -2.31. The predicted octanol–water partition coefficient (Wildman–Crippen LogP) is 9.19. The van der Waals surface area contributed by atoms with E-state index < -0.39 is 8.07 Å². The zero-order valence-electron chi connectivity index (χ0n) is 30.8. The molecule has 8 aromatic rings. The van der Waals surface area contributed by atoms with Crippen LogP contribution in [0.3, 0.4) is 0 Å². The molecule has 0 saturated heterocycles. The average molecular weight is 690 g/mol. The van der Waals surface area contributed by atoms with Crippen LogP contribution in [0.15, 0.2) is 152 Å². The lowest BCUT2D eigenvalue weighted by Crippen LogP contribution is -2.73. The molecule has 52 heavy (non-hydrogen) atoms. The van der Waals surface area contributed by atoms with E-state index in [9.17, 15) is 0 Å². The van der Waals surface area contributed by atoms with Gasteiger partial charge in [0.05, 0.1) is 16.7 Å². The third-order valence-electron chi connectivity index (χ3n) is 11.1. The summed E-state index contributed by atoms with van der Waals surface area (Å²) < 4.78 is 2.45. The Labute approximate surface area is 307 Å². The van der Waals surface area contributed by atoms with Crippen LogP contribution in [0.1, 0.15) is 52.7 Å². The molecule has 0 saturated carbocycles. The maximum atomic E-state index is 5.23. The van der Waals surface area contributed by atoms with E-state index in [4.69, 9.17) is 9.97 Å². The first-order valence-electron chi connectivity index (χ1n) is 18.3. The fourth-order valence-electron chi connectivity index (χ4n) is 8.41. The quantitative estimate of drug-likeness (QED) is 0.173. The number of para-hydroxylation sites is 1. The molecule has 0 bridgehead atoms. The normalized spacial score (nSPS) is 13.7. The summed E-state index contributed by atoms with van der Waals surface area (Å²) in [5.41, 5.74) is 11.1. The molecule has 0 amide bonds. The summed E-state index contributed by atoms with van der Waals surface area (Å²) in [6, 6.07) is 52.1. The molecule has 4 heterocycles. The third kappa shape index (κ3) is 4.92. The highest BCUT2D eigenvalue weighted by molar-refractivity contribution is 7.21. The monoisotopic (exact) mass is 689 g/mol. The maximum Gasteiger partial charge on any atom is 0.203 e. The highest BCUT2D eigenvalue weighted by Gasteiger charge is 2.50. The molecule has 5 aromatic carbocycles. The lowest BCUT2D eigenvalue weighted by atomic mass is 9.83. The van der Waals surface area contributed by atoms with Crippen LogP contribution >= 0.6 is 0 Å². The molecular formula is C48H43N3Si. The van der Waals surface area contributed by atoms with Gasteiger partial charge in [0, 0.05) is 39.7 Å². The molecular weight excluding hydrogens is 647 g/mol. The Hall–Kier alpha value is -5.58. The SMILES string of the molecule is CC(C)(C)c1ccc2c(c1)-c1cc(C(C)(C)C)ccc1[Si]2(c1cccc(-n2c3ccccc3c3ccc(-c4ccccn4)cc32)c1)c1ccccn1. The molecule has 3 aromatic heterocycles. The van der Waals surface area contributed by atoms with Crippen molar-refractivity contribution < 1.29 is 0 Å². The van der Waals surface area contributed by atoms with E-state index in [1.54, 1.807) is 0 Å². The van der Waals surface area contributed by atoms with Gasteiger partial charge in [-0.25, -0.2) is 0 Å². The van der Waals surface area contributed by atoms with E-state index in [-0.39, 0.29) is 10.8 Å². The van der Waals surface area contributed by atoms with Gasteiger partial charge in [-0.2, -0.15) is 0 Å². The molecule has 1 aliphatic rings. The summed E-state index contributed by atoms with van der Waals surface area (Å²) >= 11 is 0. The standard InChI is InChI=1S/C48H43N3Si/c1-47(2,3)33-21-24-44-39(29-33)40-30-34(48(4,5)6)22-25-45(40)52(44,46-19-10-12-27-50-46)36-15-13-14-35(31-36)51-42-18-8-7-16-37(42)38-23-20-32(28-43(38)51)41-17-9-11-26-49-41/h7-31H,1-6H3. The van der Waals surface area contributed by atoms with Gasteiger partial charge >= 0.3 is 0 Å². The Bertz CT molecular complexity index is 2580. The second kappa shape index (κ2) is 11.7. The Morgan fingerprint density at radius 2 is 1.13 bits per heavy atom. The molecule has 9 rings (SSSR count). The topological polar surface area (TPSA) is 30.7 Å². The van der Waals surface area contributed by atoms with Crippen LogP contribution in [0.5, 0.6) is 0 Å². The van der Waals surface area contributed by atoms with Crippen molar-refractivity contribution in [2.45, 2.75) is 52.4 Å². The highest BCUT2D eigenvalue weighted by Crippen LogP contribution is 2.37. The van der Waals surface area contributed by atoms with Gasteiger partial charge in [0.15, 0.2) is 0 Å². The van der Waals surface area contributed by atoms with Crippen LogP contribution in [0.25, 0.3) is 49.9 Å². The number of fused-ring (bicyclic) bond motifs is 6. The molecule has 3 nitrogen and oxygen atoms in total. The number of hydrogen-bond acceptors (Lipinski definition) is 2. The first kappa shape index (κ1) is 32.3. The van der Waals surface area contributed by atoms with Gasteiger partial charge in [0.25, 0.3) is 0 Å². The molecule has 0 fully saturated rings. The minimum absolute atomic E-state index is 0.0270. The molecule has 0 atom stereocenters. The number of nitrogens with zero attached hydrogens (tertiary/aromatic N) is 3.